The molecule has 0 aliphatic heterocycles. The van der Waals surface area contributed by atoms with Crippen LogP contribution in [0.1, 0.15) is 168 Å². The molecule has 0 aliphatic rings. The average Bonchev–Trinajstić information content (AvgIpc) is 3.09. The van der Waals surface area contributed by atoms with Crippen LogP contribution in [-0.4, -0.2) is 63.1 Å². The van der Waals surface area contributed by atoms with Crippen molar-refractivity contribution in [1.29, 1.82) is 0 Å². The second kappa shape index (κ2) is 26.7. The van der Waals surface area contributed by atoms with Crippen molar-refractivity contribution in [3.63, 3.8) is 0 Å². The highest BCUT2D eigenvalue weighted by Gasteiger charge is 2.36. The Morgan fingerprint density at radius 1 is 0.660 bits per heavy atom. The first-order valence-corrected chi connectivity index (χ1v) is 19.6. The molecule has 300 valence electrons. The topological polar surface area (TPSA) is 185 Å². The number of esters is 2. The van der Waals surface area contributed by atoms with Gasteiger partial charge in [0.25, 0.3) is 0 Å². The van der Waals surface area contributed by atoms with Gasteiger partial charge in [-0.1, -0.05) is 108 Å². The number of carbonyl (C=O) groups excluding carboxylic acids is 4. The van der Waals surface area contributed by atoms with Gasteiger partial charge in [0.2, 0.25) is 11.8 Å². The fourth-order valence-electron chi connectivity index (χ4n) is 6.07. The van der Waals surface area contributed by atoms with Crippen LogP contribution in [0, 0.1) is 0 Å². The Morgan fingerprint density at radius 3 is 1.68 bits per heavy atom. The summed E-state index contributed by atoms with van der Waals surface area (Å²) < 4.78 is 10.8. The van der Waals surface area contributed by atoms with Crippen LogP contribution in [0.15, 0.2) is 30.3 Å². The van der Waals surface area contributed by atoms with Gasteiger partial charge in [-0.2, -0.15) is 0 Å². The zero-order chi connectivity index (χ0) is 39.5. The summed E-state index contributed by atoms with van der Waals surface area (Å²) in [7, 11) is 0. The van der Waals surface area contributed by atoms with E-state index in [4.69, 9.17) is 9.47 Å². The summed E-state index contributed by atoms with van der Waals surface area (Å²) in [5.41, 5.74) is -1.42. The number of carbonyl (C=O) groups is 6. The van der Waals surface area contributed by atoms with E-state index in [-0.39, 0.29) is 57.5 Å². The normalized spacial score (nSPS) is 12.1. The predicted octanol–water partition coefficient (Wildman–Crippen LogP) is 7.79. The van der Waals surface area contributed by atoms with Crippen LogP contribution in [0.2, 0.25) is 0 Å². The molecule has 0 saturated carbocycles. The minimum atomic E-state index is -1.42. The highest BCUT2D eigenvalue weighted by atomic mass is 16.6. The second-order valence-corrected chi connectivity index (χ2v) is 15.1. The van der Waals surface area contributed by atoms with E-state index in [0.29, 0.717) is 6.42 Å². The van der Waals surface area contributed by atoms with E-state index in [1.165, 1.54) is 51.4 Å². The van der Waals surface area contributed by atoms with Gasteiger partial charge in [0.1, 0.15) is 18.2 Å². The molecule has 4 N–H and O–H groups in total. The fourth-order valence-corrected chi connectivity index (χ4v) is 6.07. The van der Waals surface area contributed by atoms with Crippen molar-refractivity contribution in [1.82, 2.24) is 10.6 Å². The number of unbranched alkanes of at least 4 members (excludes halogenated alkanes) is 11. The van der Waals surface area contributed by atoms with Gasteiger partial charge in [0, 0.05) is 37.6 Å². The fraction of sp³-hybridized carbons (Fsp3) is 0.707. The van der Waals surface area contributed by atoms with Crippen LogP contribution in [0.25, 0.3) is 0 Å². The molecule has 53 heavy (non-hydrogen) atoms. The third kappa shape index (κ3) is 24.8. The molecular weight excluding hydrogens is 680 g/mol. The van der Waals surface area contributed by atoms with E-state index >= 15 is 0 Å². The molecule has 0 aliphatic carbocycles. The molecule has 0 heterocycles. The molecule has 0 aromatic heterocycles. The third-order valence-electron chi connectivity index (χ3n) is 9.04. The molecule has 0 bridgehead atoms. The lowest BCUT2D eigenvalue weighted by Gasteiger charge is -2.36. The standard InChI is InChI=1S/C41H66N2O10/c1-5-6-7-8-9-10-11-12-13-14-15-19-22-34(44)42-33(23-24-37(49)52-31-32-20-17-16-18-21-32)39(51)43-41(28-25-35(45)46,29-26-36(47)48)30-27-38(50)53-40(2,3)4/h16-18,20-21,33H,5-15,19,22-31H2,1-4H3,(H,42,44)(H,43,51)(H,45,46)(H,47,48). The minimum absolute atomic E-state index is 0.0417. The predicted molar refractivity (Wildman–Crippen MR) is 203 cm³/mol. The Balaban J connectivity index is 2.99. The maximum atomic E-state index is 13.9. The lowest BCUT2D eigenvalue weighted by atomic mass is 9.83. The van der Waals surface area contributed by atoms with Gasteiger partial charge in [0.05, 0.1) is 0 Å². The van der Waals surface area contributed by atoms with Crippen molar-refractivity contribution in [2.45, 2.75) is 186 Å². The van der Waals surface area contributed by atoms with E-state index in [1.54, 1.807) is 20.8 Å². The molecular formula is C41H66N2O10. The number of ether oxygens (including phenoxy) is 2. The van der Waals surface area contributed by atoms with Gasteiger partial charge in [0.15, 0.2) is 0 Å². The van der Waals surface area contributed by atoms with Crippen LogP contribution in [0.5, 0.6) is 0 Å². The summed E-state index contributed by atoms with van der Waals surface area (Å²) in [5, 5.41) is 24.6. The first-order chi connectivity index (χ1) is 25.1. The molecule has 12 heteroatoms. The molecule has 12 nitrogen and oxygen atoms in total. The Hall–Kier alpha value is -3.96. The number of hydrogen-bond acceptors (Lipinski definition) is 8. The molecule has 1 unspecified atom stereocenters. The SMILES string of the molecule is CCCCCCCCCCCCCCC(=O)NC(CCC(=O)OCc1ccccc1)C(=O)NC(CCC(=O)O)(CCC(=O)O)CCC(=O)OC(C)(C)C. The van der Waals surface area contributed by atoms with E-state index in [2.05, 4.69) is 17.6 Å². The van der Waals surface area contributed by atoms with Gasteiger partial charge in [-0.3, -0.25) is 28.8 Å². The van der Waals surface area contributed by atoms with Gasteiger partial charge < -0.3 is 30.3 Å². The Kier molecular flexibility index (Phi) is 23.8. The van der Waals surface area contributed by atoms with Crippen LogP contribution in [0.3, 0.4) is 0 Å². The van der Waals surface area contributed by atoms with E-state index in [9.17, 15) is 39.0 Å². The second-order valence-electron chi connectivity index (χ2n) is 15.1. The van der Waals surface area contributed by atoms with Crippen molar-refractivity contribution in [3.05, 3.63) is 35.9 Å². The lowest BCUT2D eigenvalue weighted by molar-refractivity contribution is -0.155. The van der Waals surface area contributed by atoms with Gasteiger partial charge in [-0.25, -0.2) is 0 Å². The molecule has 1 rings (SSSR count). The van der Waals surface area contributed by atoms with Crippen LogP contribution in [0.4, 0.5) is 0 Å². The molecule has 0 spiro atoms. The summed E-state index contributed by atoms with van der Waals surface area (Å²) >= 11 is 0. The van der Waals surface area contributed by atoms with Crippen molar-refractivity contribution < 1.29 is 48.5 Å². The van der Waals surface area contributed by atoms with E-state index in [1.807, 2.05) is 30.3 Å². The summed E-state index contributed by atoms with van der Waals surface area (Å²) in [5.74, 6) is -4.56. The van der Waals surface area contributed by atoms with Crippen molar-refractivity contribution in [2.75, 3.05) is 0 Å². The largest absolute Gasteiger partial charge is 0.481 e. The number of rotatable bonds is 30. The number of aliphatic carboxylic acids is 2. The maximum Gasteiger partial charge on any atom is 0.306 e. The maximum absolute atomic E-state index is 13.9. The minimum Gasteiger partial charge on any atom is -0.481 e. The van der Waals surface area contributed by atoms with Gasteiger partial charge in [-0.15, -0.1) is 0 Å². The number of carboxylic acids is 2. The highest BCUT2D eigenvalue weighted by Crippen LogP contribution is 2.27. The first kappa shape index (κ1) is 47.1. The highest BCUT2D eigenvalue weighted by molar-refractivity contribution is 5.88. The molecule has 0 saturated heterocycles. The molecule has 0 fully saturated rings. The number of nitrogens with one attached hydrogen (secondary N) is 2. The Labute approximate surface area is 316 Å². The van der Waals surface area contributed by atoms with E-state index in [0.717, 1.165) is 24.8 Å². The number of carboxylic acid groups (broad SMARTS) is 2. The monoisotopic (exact) mass is 746 g/mol. The molecule has 1 aromatic carbocycles. The Bertz CT molecular complexity index is 1230. The quantitative estimate of drug-likeness (QED) is 0.0447. The number of amides is 2. The van der Waals surface area contributed by atoms with Gasteiger partial charge in [-0.05, 0) is 58.4 Å². The smallest absolute Gasteiger partial charge is 0.306 e. The third-order valence-corrected chi connectivity index (χ3v) is 9.04. The zero-order valence-electron chi connectivity index (χ0n) is 32.7. The zero-order valence-corrected chi connectivity index (χ0v) is 32.7. The van der Waals surface area contributed by atoms with Crippen molar-refractivity contribution in [2.24, 2.45) is 0 Å². The summed E-state index contributed by atoms with van der Waals surface area (Å²) in [4.78, 5) is 75.7. The van der Waals surface area contributed by atoms with Crippen LogP contribution >= 0.6 is 0 Å². The summed E-state index contributed by atoms with van der Waals surface area (Å²) in [6.45, 7) is 7.35. The van der Waals surface area contributed by atoms with Crippen LogP contribution in [-0.2, 0) is 44.8 Å². The summed E-state index contributed by atoms with van der Waals surface area (Å²) in [6.07, 6.45) is 12.1. The number of benzene rings is 1. The molecule has 0 radical (unpaired) electrons. The number of hydrogen-bond donors (Lipinski definition) is 4. The lowest BCUT2D eigenvalue weighted by Crippen LogP contribution is -2.56. The van der Waals surface area contributed by atoms with Crippen molar-refractivity contribution in [3.8, 4) is 0 Å². The molecule has 2 amide bonds. The molecule has 1 aromatic rings. The molecule has 1 atom stereocenters. The summed E-state index contributed by atoms with van der Waals surface area (Å²) in [6, 6.07) is 7.91. The van der Waals surface area contributed by atoms with Crippen molar-refractivity contribution >= 4 is 35.7 Å². The average molecular weight is 747 g/mol. The van der Waals surface area contributed by atoms with E-state index < -0.39 is 59.8 Å². The Morgan fingerprint density at radius 2 is 1.17 bits per heavy atom. The van der Waals surface area contributed by atoms with Crippen LogP contribution < -0.4 is 10.6 Å². The first-order valence-electron chi connectivity index (χ1n) is 19.6. The van der Waals surface area contributed by atoms with Gasteiger partial charge >= 0.3 is 23.9 Å².